The zero-order valence-electron chi connectivity index (χ0n) is 11.8. The highest BCUT2D eigenvalue weighted by Crippen LogP contribution is 2.17. The van der Waals surface area contributed by atoms with Crippen LogP contribution in [0.3, 0.4) is 0 Å². The van der Waals surface area contributed by atoms with E-state index in [0.717, 1.165) is 31.6 Å². The van der Waals surface area contributed by atoms with E-state index < -0.39 is 0 Å². The van der Waals surface area contributed by atoms with Crippen LogP contribution < -0.4 is 11.1 Å². The van der Waals surface area contributed by atoms with Crippen LogP contribution in [0.25, 0.3) is 0 Å². The molecule has 1 heterocycles. The van der Waals surface area contributed by atoms with E-state index in [4.69, 9.17) is 5.73 Å². The van der Waals surface area contributed by atoms with Crippen molar-refractivity contribution >= 4 is 11.6 Å². The lowest BCUT2D eigenvalue weighted by Crippen LogP contribution is -2.43. The summed E-state index contributed by atoms with van der Waals surface area (Å²) < 4.78 is 12.8. The standard InChI is InChI=1S/C15H22FN3O/c1-11(17)10-15(20)19-8-6-14(7-9-19)18-13-4-2-12(16)3-5-13/h2-5,11,14,18H,6-10,17H2,1H3. The summed E-state index contributed by atoms with van der Waals surface area (Å²) in [6, 6.07) is 6.62. The number of halogens is 1. The van der Waals surface area contributed by atoms with Gasteiger partial charge in [0.25, 0.3) is 0 Å². The Hall–Kier alpha value is -1.62. The SMILES string of the molecule is CC(N)CC(=O)N1CCC(Nc2ccc(F)cc2)CC1. The number of piperidine rings is 1. The monoisotopic (exact) mass is 279 g/mol. The number of nitrogens with zero attached hydrogens (tertiary/aromatic N) is 1. The van der Waals surface area contributed by atoms with Gasteiger partial charge < -0.3 is 16.0 Å². The van der Waals surface area contributed by atoms with Crippen LogP contribution in [-0.4, -0.2) is 36.0 Å². The minimum Gasteiger partial charge on any atom is -0.382 e. The molecule has 3 N–H and O–H groups in total. The molecule has 20 heavy (non-hydrogen) atoms. The summed E-state index contributed by atoms with van der Waals surface area (Å²) in [5.74, 6) is -0.0906. The van der Waals surface area contributed by atoms with Crippen molar-refractivity contribution in [1.29, 1.82) is 0 Å². The molecule has 0 aromatic heterocycles. The smallest absolute Gasteiger partial charge is 0.224 e. The second-order valence-electron chi connectivity index (χ2n) is 5.49. The Balaban J connectivity index is 1.79. The molecular formula is C15H22FN3O. The Bertz CT molecular complexity index is 439. The molecule has 0 spiro atoms. The van der Waals surface area contributed by atoms with Crippen LogP contribution in [0.2, 0.25) is 0 Å². The van der Waals surface area contributed by atoms with Gasteiger partial charge in [0.05, 0.1) is 0 Å². The predicted molar refractivity (Wildman–Crippen MR) is 77.9 cm³/mol. The minimum absolute atomic E-state index is 0.0856. The first-order chi connectivity index (χ1) is 9.54. The minimum atomic E-state index is -0.230. The predicted octanol–water partition coefficient (Wildman–Crippen LogP) is 1.97. The number of rotatable bonds is 4. The van der Waals surface area contributed by atoms with Crippen molar-refractivity contribution in [1.82, 2.24) is 4.90 Å². The number of nitrogens with two attached hydrogens (primary N) is 1. The van der Waals surface area contributed by atoms with Crippen LogP contribution in [0.1, 0.15) is 26.2 Å². The molecule has 1 unspecified atom stereocenters. The van der Waals surface area contributed by atoms with E-state index in [1.165, 1.54) is 12.1 Å². The van der Waals surface area contributed by atoms with E-state index in [0.29, 0.717) is 12.5 Å². The van der Waals surface area contributed by atoms with E-state index in [9.17, 15) is 9.18 Å². The molecule has 1 saturated heterocycles. The molecule has 110 valence electrons. The second kappa shape index (κ2) is 6.70. The van der Waals surface area contributed by atoms with Crippen molar-refractivity contribution in [2.45, 2.75) is 38.3 Å². The number of amides is 1. The number of carbonyl (C=O) groups excluding carboxylic acids is 1. The van der Waals surface area contributed by atoms with Crippen LogP contribution >= 0.6 is 0 Å². The number of nitrogens with one attached hydrogen (secondary N) is 1. The molecule has 1 atom stereocenters. The first-order valence-corrected chi connectivity index (χ1v) is 7.10. The van der Waals surface area contributed by atoms with Crippen molar-refractivity contribution in [2.24, 2.45) is 5.73 Å². The van der Waals surface area contributed by atoms with Gasteiger partial charge in [-0.15, -0.1) is 0 Å². The van der Waals surface area contributed by atoms with Crippen LogP contribution in [0.5, 0.6) is 0 Å². The number of likely N-dealkylation sites (tertiary alicyclic amines) is 1. The summed E-state index contributed by atoms with van der Waals surface area (Å²) in [5, 5.41) is 3.38. The number of hydrogen-bond acceptors (Lipinski definition) is 3. The first-order valence-electron chi connectivity index (χ1n) is 7.10. The molecule has 1 aromatic rings. The third kappa shape index (κ3) is 4.20. The Morgan fingerprint density at radius 3 is 2.55 bits per heavy atom. The van der Waals surface area contributed by atoms with Crippen molar-refractivity contribution in [3.8, 4) is 0 Å². The molecular weight excluding hydrogens is 257 g/mol. The largest absolute Gasteiger partial charge is 0.382 e. The van der Waals surface area contributed by atoms with Gasteiger partial charge in [0.1, 0.15) is 5.82 Å². The lowest BCUT2D eigenvalue weighted by Gasteiger charge is -2.33. The van der Waals surface area contributed by atoms with Crippen molar-refractivity contribution < 1.29 is 9.18 Å². The van der Waals surface area contributed by atoms with Crippen LogP contribution in [0.15, 0.2) is 24.3 Å². The molecule has 2 rings (SSSR count). The van der Waals surface area contributed by atoms with E-state index in [1.54, 1.807) is 12.1 Å². The van der Waals surface area contributed by atoms with Crippen molar-refractivity contribution in [3.63, 3.8) is 0 Å². The van der Waals surface area contributed by atoms with Gasteiger partial charge in [-0.3, -0.25) is 4.79 Å². The maximum absolute atomic E-state index is 12.8. The summed E-state index contributed by atoms with van der Waals surface area (Å²) in [6.45, 7) is 3.36. The van der Waals surface area contributed by atoms with Gasteiger partial charge in [-0.2, -0.15) is 0 Å². The molecule has 0 radical (unpaired) electrons. The molecule has 1 fully saturated rings. The molecule has 1 aliphatic heterocycles. The highest BCUT2D eigenvalue weighted by Gasteiger charge is 2.22. The number of hydrogen-bond donors (Lipinski definition) is 2. The van der Waals surface area contributed by atoms with Gasteiger partial charge in [-0.25, -0.2) is 4.39 Å². The molecule has 5 heteroatoms. The molecule has 1 amide bonds. The summed E-state index contributed by atoms with van der Waals surface area (Å²) >= 11 is 0. The van der Waals surface area contributed by atoms with E-state index in [1.807, 2.05) is 11.8 Å². The summed E-state index contributed by atoms with van der Waals surface area (Å²) in [6.07, 6.45) is 2.22. The van der Waals surface area contributed by atoms with Gasteiger partial charge in [0.2, 0.25) is 5.91 Å². The Morgan fingerprint density at radius 2 is 2.00 bits per heavy atom. The second-order valence-corrected chi connectivity index (χ2v) is 5.49. The highest BCUT2D eigenvalue weighted by atomic mass is 19.1. The quantitative estimate of drug-likeness (QED) is 0.886. The van der Waals surface area contributed by atoms with Crippen LogP contribution in [0, 0.1) is 5.82 Å². The third-order valence-electron chi connectivity index (χ3n) is 3.56. The number of anilines is 1. The zero-order chi connectivity index (χ0) is 14.5. The Kier molecular flexibility index (Phi) is 4.95. The molecule has 1 aromatic carbocycles. The average Bonchev–Trinajstić information content (AvgIpc) is 2.41. The maximum Gasteiger partial charge on any atom is 0.224 e. The fraction of sp³-hybridized carbons (Fsp3) is 0.533. The fourth-order valence-electron chi connectivity index (χ4n) is 2.46. The average molecular weight is 279 g/mol. The maximum atomic E-state index is 12.8. The molecule has 0 saturated carbocycles. The van der Waals surface area contributed by atoms with E-state index >= 15 is 0 Å². The van der Waals surface area contributed by atoms with E-state index in [2.05, 4.69) is 5.32 Å². The van der Waals surface area contributed by atoms with Crippen molar-refractivity contribution in [2.75, 3.05) is 18.4 Å². The molecule has 0 aliphatic carbocycles. The highest BCUT2D eigenvalue weighted by molar-refractivity contribution is 5.76. The van der Waals surface area contributed by atoms with Crippen LogP contribution in [-0.2, 0) is 4.79 Å². The lowest BCUT2D eigenvalue weighted by atomic mass is 10.0. The van der Waals surface area contributed by atoms with Gasteiger partial charge in [0.15, 0.2) is 0 Å². The van der Waals surface area contributed by atoms with Crippen molar-refractivity contribution in [3.05, 3.63) is 30.1 Å². The summed E-state index contributed by atoms with van der Waals surface area (Å²) in [7, 11) is 0. The normalized spacial score (nSPS) is 17.9. The molecule has 0 bridgehead atoms. The van der Waals surface area contributed by atoms with Gasteiger partial charge in [-0.05, 0) is 44.0 Å². The first kappa shape index (κ1) is 14.8. The number of carbonyl (C=O) groups is 1. The fourth-order valence-corrected chi connectivity index (χ4v) is 2.46. The molecule has 4 nitrogen and oxygen atoms in total. The lowest BCUT2D eigenvalue weighted by molar-refractivity contribution is -0.132. The summed E-state index contributed by atoms with van der Waals surface area (Å²) in [5.41, 5.74) is 6.57. The molecule has 1 aliphatic rings. The van der Waals surface area contributed by atoms with E-state index in [-0.39, 0.29) is 17.8 Å². The Morgan fingerprint density at radius 1 is 1.40 bits per heavy atom. The third-order valence-corrected chi connectivity index (χ3v) is 3.56. The number of benzene rings is 1. The summed E-state index contributed by atoms with van der Waals surface area (Å²) in [4.78, 5) is 13.8. The van der Waals surface area contributed by atoms with Crippen LogP contribution in [0.4, 0.5) is 10.1 Å². The van der Waals surface area contributed by atoms with Gasteiger partial charge in [0, 0.05) is 37.3 Å². The zero-order valence-corrected chi connectivity index (χ0v) is 11.8. The Labute approximate surface area is 119 Å². The van der Waals surface area contributed by atoms with Gasteiger partial charge in [-0.1, -0.05) is 0 Å². The topological polar surface area (TPSA) is 58.4 Å². The van der Waals surface area contributed by atoms with Gasteiger partial charge >= 0.3 is 0 Å².